The van der Waals surface area contributed by atoms with E-state index in [0.29, 0.717) is 31.4 Å². The lowest BCUT2D eigenvalue weighted by Gasteiger charge is -2.02. The summed E-state index contributed by atoms with van der Waals surface area (Å²) in [6, 6.07) is 9.49. The summed E-state index contributed by atoms with van der Waals surface area (Å²) in [6.07, 6.45) is 1.12. The molecule has 0 atom stereocenters. The van der Waals surface area contributed by atoms with Crippen molar-refractivity contribution in [3.63, 3.8) is 0 Å². The Kier molecular flexibility index (Phi) is 4.83. The highest BCUT2D eigenvalue weighted by Gasteiger charge is 2.07. The summed E-state index contributed by atoms with van der Waals surface area (Å²) in [4.78, 5) is 0. The molecule has 2 rings (SSSR count). The molecule has 1 heterocycles. The third kappa shape index (κ3) is 4.72. The molecule has 2 N–H and O–H groups in total. The molecule has 0 saturated carbocycles. The minimum absolute atomic E-state index is 0.318. The van der Waals surface area contributed by atoms with Crippen molar-refractivity contribution in [2.75, 3.05) is 19.3 Å². The van der Waals surface area contributed by atoms with Crippen LogP contribution in [-0.2, 0) is 16.6 Å². The van der Waals surface area contributed by atoms with Crippen molar-refractivity contribution in [2.24, 2.45) is 0 Å². The molecule has 0 spiro atoms. The minimum atomic E-state index is -3.14. The van der Waals surface area contributed by atoms with Crippen molar-refractivity contribution in [1.29, 1.82) is 0 Å². The fourth-order valence-electron chi connectivity index (χ4n) is 1.54. The second kappa shape index (κ2) is 6.60. The van der Waals surface area contributed by atoms with Crippen LogP contribution in [0.5, 0.6) is 0 Å². The normalized spacial score (nSPS) is 11.7. The Morgan fingerprint density at radius 1 is 1.15 bits per heavy atom. The Morgan fingerprint density at radius 3 is 2.60 bits per heavy atom. The number of hydrogen-bond donors (Lipinski definition) is 2. The zero-order valence-corrected chi connectivity index (χ0v) is 11.9. The molecular weight excluding hydrogens is 280 g/mol. The van der Waals surface area contributed by atoms with Crippen LogP contribution in [0.25, 0.3) is 11.5 Å². The van der Waals surface area contributed by atoms with E-state index in [0.717, 1.165) is 11.8 Å². The zero-order valence-electron chi connectivity index (χ0n) is 11.0. The molecule has 0 bridgehead atoms. The van der Waals surface area contributed by atoms with Crippen LogP contribution in [0.3, 0.4) is 0 Å². The average Bonchev–Trinajstić information content (AvgIpc) is 2.87. The first-order chi connectivity index (χ1) is 9.54. The molecular formula is C12H16N4O3S. The van der Waals surface area contributed by atoms with Gasteiger partial charge < -0.3 is 9.73 Å². The van der Waals surface area contributed by atoms with Crippen molar-refractivity contribution in [3.05, 3.63) is 36.2 Å². The van der Waals surface area contributed by atoms with Gasteiger partial charge in [-0.05, 0) is 12.1 Å². The van der Waals surface area contributed by atoms with Crippen molar-refractivity contribution in [3.8, 4) is 11.5 Å². The van der Waals surface area contributed by atoms with Gasteiger partial charge in [-0.15, -0.1) is 10.2 Å². The number of sulfonamides is 1. The summed E-state index contributed by atoms with van der Waals surface area (Å²) in [6.45, 7) is 1.19. The molecule has 0 aliphatic rings. The monoisotopic (exact) mass is 296 g/mol. The van der Waals surface area contributed by atoms with Crippen LogP contribution in [0.1, 0.15) is 5.89 Å². The SMILES string of the molecule is CS(=O)(=O)NCCNCc1nnc(-c2ccccc2)o1. The van der Waals surface area contributed by atoms with Crippen molar-refractivity contribution in [1.82, 2.24) is 20.2 Å². The van der Waals surface area contributed by atoms with Gasteiger partial charge in [0.25, 0.3) is 0 Å². The maximum atomic E-state index is 10.8. The van der Waals surface area contributed by atoms with E-state index in [9.17, 15) is 8.42 Å². The molecule has 0 radical (unpaired) electrons. The Bertz CT molecular complexity index is 640. The lowest BCUT2D eigenvalue weighted by atomic mass is 10.2. The van der Waals surface area contributed by atoms with Gasteiger partial charge in [0.15, 0.2) is 0 Å². The van der Waals surface area contributed by atoms with Crippen LogP contribution in [0, 0.1) is 0 Å². The zero-order chi connectivity index (χ0) is 14.4. The highest BCUT2D eigenvalue weighted by molar-refractivity contribution is 7.88. The first-order valence-corrected chi connectivity index (χ1v) is 7.97. The molecule has 0 amide bonds. The van der Waals surface area contributed by atoms with Gasteiger partial charge in [-0.1, -0.05) is 18.2 Å². The van der Waals surface area contributed by atoms with Crippen molar-refractivity contribution >= 4 is 10.0 Å². The number of nitrogens with zero attached hydrogens (tertiary/aromatic N) is 2. The van der Waals surface area contributed by atoms with E-state index in [1.54, 1.807) is 0 Å². The van der Waals surface area contributed by atoms with Crippen LogP contribution in [0.15, 0.2) is 34.7 Å². The summed E-state index contributed by atoms with van der Waals surface area (Å²) in [5.74, 6) is 0.930. The predicted octanol–water partition coefficient (Wildman–Crippen LogP) is 0.375. The lowest BCUT2D eigenvalue weighted by molar-refractivity contribution is 0.478. The fourth-order valence-corrected chi connectivity index (χ4v) is 2.02. The largest absolute Gasteiger partial charge is 0.419 e. The maximum Gasteiger partial charge on any atom is 0.247 e. The van der Waals surface area contributed by atoms with Gasteiger partial charge in [0, 0.05) is 18.7 Å². The van der Waals surface area contributed by atoms with Gasteiger partial charge in [0.1, 0.15) is 0 Å². The van der Waals surface area contributed by atoms with Gasteiger partial charge in [0.05, 0.1) is 12.8 Å². The number of aromatic nitrogens is 2. The molecule has 0 aliphatic heterocycles. The Hall–Kier alpha value is -1.77. The minimum Gasteiger partial charge on any atom is -0.419 e. The first kappa shape index (κ1) is 14.6. The van der Waals surface area contributed by atoms with Crippen LogP contribution in [-0.4, -0.2) is 38.0 Å². The molecule has 0 aliphatic carbocycles. The van der Waals surface area contributed by atoms with Crippen LogP contribution < -0.4 is 10.0 Å². The number of rotatable bonds is 7. The van der Waals surface area contributed by atoms with Crippen molar-refractivity contribution in [2.45, 2.75) is 6.54 Å². The lowest BCUT2D eigenvalue weighted by Crippen LogP contribution is -2.30. The van der Waals surface area contributed by atoms with E-state index in [1.165, 1.54) is 0 Å². The topological polar surface area (TPSA) is 97.1 Å². The highest BCUT2D eigenvalue weighted by atomic mass is 32.2. The van der Waals surface area contributed by atoms with E-state index < -0.39 is 10.0 Å². The molecule has 7 nitrogen and oxygen atoms in total. The second-order valence-corrected chi connectivity index (χ2v) is 6.04. The predicted molar refractivity (Wildman–Crippen MR) is 74.3 cm³/mol. The van der Waals surface area contributed by atoms with E-state index in [4.69, 9.17) is 4.42 Å². The van der Waals surface area contributed by atoms with Gasteiger partial charge in [-0.3, -0.25) is 0 Å². The van der Waals surface area contributed by atoms with Crippen molar-refractivity contribution < 1.29 is 12.8 Å². The maximum absolute atomic E-state index is 10.8. The quantitative estimate of drug-likeness (QED) is 0.717. The van der Waals surface area contributed by atoms with Gasteiger partial charge in [0.2, 0.25) is 21.8 Å². The van der Waals surface area contributed by atoms with E-state index in [1.807, 2.05) is 30.3 Å². The van der Waals surface area contributed by atoms with Crippen LogP contribution in [0.2, 0.25) is 0 Å². The number of nitrogens with one attached hydrogen (secondary N) is 2. The van der Waals surface area contributed by atoms with Gasteiger partial charge >= 0.3 is 0 Å². The summed E-state index contributed by atoms with van der Waals surface area (Å²) in [5, 5.41) is 10.9. The Labute approximate surface area is 117 Å². The molecule has 2 aromatic rings. The third-order valence-electron chi connectivity index (χ3n) is 2.43. The van der Waals surface area contributed by atoms with E-state index in [2.05, 4.69) is 20.2 Å². The smallest absolute Gasteiger partial charge is 0.247 e. The van der Waals surface area contributed by atoms with Crippen LogP contribution >= 0.6 is 0 Å². The molecule has 0 fully saturated rings. The summed E-state index contributed by atoms with van der Waals surface area (Å²) < 4.78 is 29.6. The fraction of sp³-hybridized carbons (Fsp3) is 0.333. The summed E-state index contributed by atoms with van der Waals surface area (Å²) >= 11 is 0. The molecule has 20 heavy (non-hydrogen) atoms. The first-order valence-electron chi connectivity index (χ1n) is 6.08. The Balaban J connectivity index is 1.79. The molecule has 1 aromatic carbocycles. The molecule has 108 valence electrons. The highest BCUT2D eigenvalue weighted by Crippen LogP contribution is 2.16. The number of hydrogen-bond acceptors (Lipinski definition) is 6. The van der Waals surface area contributed by atoms with Gasteiger partial charge in [-0.25, -0.2) is 13.1 Å². The van der Waals surface area contributed by atoms with Gasteiger partial charge in [-0.2, -0.15) is 0 Å². The van der Waals surface area contributed by atoms with E-state index in [-0.39, 0.29) is 0 Å². The summed E-state index contributed by atoms with van der Waals surface area (Å²) in [7, 11) is -3.14. The average molecular weight is 296 g/mol. The second-order valence-electron chi connectivity index (χ2n) is 4.21. The molecule has 8 heteroatoms. The van der Waals surface area contributed by atoms with Crippen LogP contribution in [0.4, 0.5) is 0 Å². The third-order valence-corrected chi connectivity index (χ3v) is 3.16. The Morgan fingerprint density at radius 2 is 1.90 bits per heavy atom. The summed E-state index contributed by atoms with van der Waals surface area (Å²) in [5.41, 5.74) is 0.866. The van der Waals surface area contributed by atoms with E-state index >= 15 is 0 Å². The molecule has 0 saturated heterocycles. The molecule has 0 unspecified atom stereocenters. The molecule has 1 aromatic heterocycles. The number of benzene rings is 1. The standard InChI is InChI=1S/C12H16N4O3S/c1-20(17,18)14-8-7-13-9-11-15-16-12(19-11)10-5-3-2-4-6-10/h2-6,13-14H,7-9H2,1H3.